The van der Waals surface area contributed by atoms with Crippen LogP contribution in [0.15, 0.2) is 60.9 Å². The summed E-state index contributed by atoms with van der Waals surface area (Å²) in [4.78, 5) is 0. The van der Waals surface area contributed by atoms with Crippen LogP contribution in [0.5, 0.6) is 0 Å². The molecule has 0 spiro atoms. The summed E-state index contributed by atoms with van der Waals surface area (Å²) in [5, 5.41) is 7.75. The number of benzene rings is 2. The molecule has 0 amide bonds. The minimum absolute atomic E-state index is 0. The van der Waals surface area contributed by atoms with Crippen molar-refractivity contribution in [2.45, 2.75) is 0 Å². The van der Waals surface area contributed by atoms with Crippen LogP contribution >= 0.6 is 0 Å². The van der Waals surface area contributed by atoms with Gasteiger partial charge in [0.2, 0.25) is 0 Å². The van der Waals surface area contributed by atoms with Gasteiger partial charge in [-0.1, -0.05) is 35.5 Å². The number of hydrogen-bond acceptors (Lipinski definition) is 2. The molecule has 3 nitrogen and oxygen atoms in total. The molecule has 0 aliphatic rings. The molecule has 0 N–H and O–H groups in total. The minimum Gasteiger partial charge on any atom is -0.245 e. The Morgan fingerprint density at radius 1 is 1.00 bits per heavy atom. The van der Waals surface area contributed by atoms with Gasteiger partial charge < -0.3 is 0 Å². The predicted octanol–water partition coefficient (Wildman–Crippen LogP) is 2.73. The van der Waals surface area contributed by atoms with Crippen LogP contribution < -0.4 is 0 Å². The summed E-state index contributed by atoms with van der Waals surface area (Å²) in [7, 11) is 0. The molecule has 1 heterocycles. The van der Waals surface area contributed by atoms with E-state index in [1.165, 1.54) is 5.56 Å². The van der Waals surface area contributed by atoms with E-state index in [1.54, 1.807) is 17.1 Å². The Morgan fingerprint density at radius 2 is 1.83 bits per heavy atom. The molecular weight excluding hydrogens is 402 g/mol. The third-order valence-corrected chi connectivity index (χ3v) is 2.56. The normalized spacial score (nSPS) is 9.78. The van der Waals surface area contributed by atoms with Gasteiger partial charge in [-0.3, -0.25) is 0 Å². The van der Waals surface area contributed by atoms with Crippen molar-refractivity contribution in [2.75, 3.05) is 0 Å². The molecule has 91 valence electrons. The molecule has 0 aliphatic heterocycles. The molecule has 0 aliphatic carbocycles. The molecule has 0 saturated heterocycles. The minimum atomic E-state index is 0. The zero-order valence-corrected chi connectivity index (χ0v) is 11.8. The monoisotopic (exact) mass is 413 g/mol. The summed E-state index contributed by atoms with van der Waals surface area (Å²) in [6, 6.07) is 19.4. The first-order chi connectivity index (χ1) is 8.43. The molecule has 2 aromatic carbocycles. The van der Waals surface area contributed by atoms with Crippen LogP contribution in [0.4, 0.5) is 0 Å². The van der Waals surface area contributed by atoms with E-state index in [0.717, 1.165) is 11.3 Å². The average molecular weight is 412 g/mol. The smallest absolute Gasteiger partial charge is 0.0696 e. The van der Waals surface area contributed by atoms with Gasteiger partial charge in [-0.25, -0.2) is 4.68 Å². The van der Waals surface area contributed by atoms with E-state index in [0.29, 0.717) is 0 Å². The molecule has 3 rings (SSSR count). The van der Waals surface area contributed by atoms with Gasteiger partial charge in [-0.05, 0) is 11.3 Å². The van der Waals surface area contributed by atoms with Crippen molar-refractivity contribution in [2.24, 2.45) is 0 Å². The fraction of sp³-hybridized carbons (Fsp3) is 0. The topological polar surface area (TPSA) is 30.7 Å². The Labute approximate surface area is 119 Å². The Bertz CT molecular complexity index is 606. The van der Waals surface area contributed by atoms with Crippen molar-refractivity contribution in [1.29, 1.82) is 0 Å². The van der Waals surface area contributed by atoms with E-state index < -0.39 is 0 Å². The van der Waals surface area contributed by atoms with Gasteiger partial charge in [0, 0.05) is 26.3 Å². The second-order valence-electron chi connectivity index (χ2n) is 3.68. The van der Waals surface area contributed by atoms with Gasteiger partial charge in [0.15, 0.2) is 0 Å². The van der Waals surface area contributed by atoms with Gasteiger partial charge in [-0.15, -0.1) is 16.7 Å². The van der Waals surface area contributed by atoms with Crippen molar-refractivity contribution >= 4 is 0 Å². The van der Waals surface area contributed by atoms with E-state index in [-0.39, 0.29) is 20.1 Å². The van der Waals surface area contributed by atoms with Crippen molar-refractivity contribution in [3.8, 4) is 16.8 Å². The summed E-state index contributed by atoms with van der Waals surface area (Å²) >= 11 is 0. The maximum atomic E-state index is 3.96. The number of nitrogens with zero attached hydrogens (tertiary/aromatic N) is 3. The van der Waals surface area contributed by atoms with Gasteiger partial charge in [-0.2, -0.15) is 18.2 Å². The Hall–Kier alpha value is -1.77. The zero-order valence-electron chi connectivity index (χ0n) is 9.45. The van der Waals surface area contributed by atoms with Gasteiger partial charge in [0.25, 0.3) is 0 Å². The summed E-state index contributed by atoms with van der Waals surface area (Å²) in [6.45, 7) is 0. The summed E-state index contributed by atoms with van der Waals surface area (Å²) in [6.07, 6.45) is 3.46. The molecule has 1 radical (unpaired) electrons. The second-order valence-corrected chi connectivity index (χ2v) is 3.68. The molecule has 1 aromatic heterocycles. The first-order valence-electron chi connectivity index (χ1n) is 5.37. The molecule has 0 saturated carbocycles. The van der Waals surface area contributed by atoms with Gasteiger partial charge in [0.05, 0.1) is 6.20 Å². The van der Waals surface area contributed by atoms with Crippen molar-refractivity contribution < 1.29 is 20.1 Å². The molecular formula is C14H10IrN3-. The summed E-state index contributed by atoms with van der Waals surface area (Å²) in [5.41, 5.74) is 3.22. The number of aromatic nitrogens is 3. The second kappa shape index (κ2) is 5.71. The maximum Gasteiger partial charge on any atom is 0.0696 e. The third kappa shape index (κ3) is 2.55. The largest absolute Gasteiger partial charge is 0.245 e. The van der Waals surface area contributed by atoms with Crippen LogP contribution in [-0.4, -0.2) is 15.0 Å². The number of hydrogen-bond donors (Lipinski definition) is 0. The van der Waals surface area contributed by atoms with Crippen LogP contribution in [0.1, 0.15) is 0 Å². The van der Waals surface area contributed by atoms with Gasteiger partial charge in [0.1, 0.15) is 0 Å². The summed E-state index contributed by atoms with van der Waals surface area (Å²) in [5.74, 6) is 0. The molecule has 3 aromatic rings. The SMILES string of the molecule is [Ir].[c-]1ccc(-c2ccccc2)cc1-n1ccnn1. The van der Waals surface area contributed by atoms with Crippen LogP contribution in [0.2, 0.25) is 0 Å². The van der Waals surface area contributed by atoms with E-state index in [1.807, 2.05) is 36.4 Å². The van der Waals surface area contributed by atoms with Crippen LogP contribution in [0, 0.1) is 6.07 Å². The molecule has 18 heavy (non-hydrogen) atoms. The van der Waals surface area contributed by atoms with E-state index >= 15 is 0 Å². The summed E-state index contributed by atoms with van der Waals surface area (Å²) < 4.78 is 1.70. The Morgan fingerprint density at radius 3 is 2.56 bits per heavy atom. The van der Waals surface area contributed by atoms with Crippen molar-refractivity contribution in [1.82, 2.24) is 15.0 Å². The average Bonchev–Trinajstić information content (AvgIpc) is 2.94. The Balaban J connectivity index is 0.00000120. The first-order valence-corrected chi connectivity index (χ1v) is 5.37. The third-order valence-electron chi connectivity index (χ3n) is 2.56. The molecule has 0 fully saturated rings. The molecule has 0 atom stereocenters. The standard InChI is InChI=1S/C14H10N3.Ir/c1-2-5-12(6-3-1)13-7-4-8-14(11-13)17-10-9-15-16-17;/h1-7,9-11H;/q-1;. The molecule has 0 unspecified atom stereocenters. The predicted molar refractivity (Wildman–Crippen MR) is 65.6 cm³/mol. The van der Waals surface area contributed by atoms with Crippen LogP contribution in [-0.2, 0) is 20.1 Å². The van der Waals surface area contributed by atoms with Crippen LogP contribution in [0.3, 0.4) is 0 Å². The van der Waals surface area contributed by atoms with Gasteiger partial charge >= 0.3 is 0 Å². The van der Waals surface area contributed by atoms with Crippen molar-refractivity contribution in [3.63, 3.8) is 0 Å². The van der Waals surface area contributed by atoms with E-state index in [9.17, 15) is 0 Å². The quantitative estimate of drug-likeness (QED) is 0.606. The first kappa shape index (κ1) is 12.7. The van der Waals surface area contributed by atoms with Crippen molar-refractivity contribution in [3.05, 3.63) is 67.0 Å². The zero-order chi connectivity index (χ0) is 11.5. The Kier molecular flexibility index (Phi) is 4.03. The van der Waals surface area contributed by atoms with E-state index in [4.69, 9.17) is 0 Å². The van der Waals surface area contributed by atoms with Crippen LogP contribution in [0.25, 0.3) is 16.8 Å². The maximum absolute atomic E-state index is 3.96. The fourth-order valence-corrected chi connectivity index (χ4v) is 1.73. The number of rotatable bonds is 2. The fourth-order valence-electron chi connectivity index (χ4n) is 1.73. The molecule has 0 bridgehead atoms. The van der Waals surface area contributed by atoms with E-state index in [2.05, 4.69) is 28.5 Å². The molecule has 4 heteroatoms.